The molecule has 1 aromatic carbocycles. The minimum atomic E-state index is 0.596. The summed E-state index contributed by atoms with van der Waals surface area (Å²) in [6.07, 6.45) is 1.80. The third-order valence-electron chi connectivity index (χ3n) is 3.48. The van der Waals surface area contributed by atoms with Crippen molar-refractivity contribution >= 4 is 11.3 Å². The van der Waals surface area contributed by atoms with Crippen LogP contribution < -0.4 is 5.32 Å². The van der Waals surface area contributed by atoms with Gasteiger partial charge in [-0.15, -0.1) is 0 Å². The van der Waals surface area contributed by atoms with E-state index in [-0.39, 0.29) is 0 Å². The average Bonchev–Trinajstić information content (AvgIpc) is 3.23. The van der Waals surface area contributed by atoms with Crippen LogP contribution in [0.3, 0.4) is 0 Å². The fourth-order valence-corrected chi connectivity index (χ4v) is 2.86. The monoisotopic (exact) mass is 313 g/mol. The molecule has 0 amide bonds. The summed E-state index contributed by atoms with van der Waals surface area (Å²) in [7, 11) is 0. The predicted octanol–water partition coefficient (Wildman–Crippen LogP) is 3.69. The van der Waals surface area contributed by atoms with Gasteiger partial charge in [0, 0.05) is 18.5 Å². The first-order valence-electron chi connectivity index (χ1n) is 7.49. The fourth-order valence-electron chi connectivity index (χ4n) is 2.19. The minimum absolute atomic E-state index is 0.596. The highest BCUT2D eigenvalue weighted by Crippen LogP contribution is 2.18. The van der Waals surface area contributed by atoms with Crippen LogP contribution in [0.15, 0.2) is 45.6 Å². The van der Waals surface area contributed by atoms with Crippen molar-refractivity contribution in [3.8, 4) is 11.5 Å². The molecule has 0 saturated carbocycles. The number of thiophene rings is 1. The SMILES string of the molecule is CCc1noc(-c2ccc(CCNCc3ccsc3)cc2)n1. The maximum atomic E-state index is 5.25. The summed E-state index contributed by atoms with van der Waals surface area (Å²) in [4.78, 5) is 4.34. The lowest BCUT2D eigenvalue weighted by Crippen LogP contribution is -2.16. The summed E-state index contributed by atoms with van der Waals surface area (Å²) in [6.45, 7) is 3.92. The number of hydrogen-bond donors (Lipinski definition) is 1. The van der Waals surface area contributed by atoms with Crippen LogP contribution >= 0.6 is 11.3 Å². The first kappa shape index (κ1) is 14.9. The number of benzene rings is 1. The number of nitrogens with one attached hydrogen (secondary N) is 1. The lowest BCUT2D eigenvalue weighted by molar-refractivity contribution is 0.423. The molecule has 5 heteroatoms. The van der Waals surface area contributed by atoms with Gasteiger partial charge in [0.05, 0.1) is 0 Å². The zero-order valence-electron chi connectivity index (χ0n) is 12.6. The van der Waals surface area contributed by atoms with E-state index in [2.05, 4.69) is 44.4 Å². The Hall–Kier alpha value is -1.98. The Morgan fingerprint density at radius 2 is 2.00 bits per heavy atom. The van der Waals surface area contributed by atoms with Crippen LogP contribution in [0, 0.1) is 0 Å². The molecule has 114 valence electrons. The maximum Gasteiger partial charge on any atom is 0.257 e. The van der Waals surface area contributed by atoms with Gasteiger partial charge in [0.2, 0.25) is 0 Å². The molecule has 0 aliphatic heterocycles. The molecule has 22 heavy (non-hydrogen) atoms. The van der Waals surface area contributed by atoms with E-state index in [0.29, 0.717) is 5.89 Å². The van der Waals surface area contributed by atoms with E-state index in [9.17, 15) is 0 Å². The summed E-state index contributed by atoms with van der Waals surface area (Å²) in [5, 5.41) is 11.7. The van der Waals surface area contributed by atoms with Crippen molar-refractivity contribution in [1.82, 2.24) is 15.5 Å². The third-order valence-corrected chi connectivity index (χ3v) is 4.22. The number of rotatable bonds is 7. The average molecular weight is 313 g/mol. The Morgan fingerprint density at radius 3 is 2.68 bits per heavy atom. The van der Waals surface area contributed by atoms with Crippen LogP contribution in [0.4, 0.5) is 0 Å². The smallest absolute Gasteiger partial charge is 0.257 e. The maximum absolute atomic E-state index is 5.25. The van der Waals surface area contributed by atoms with E-state index in [4.69, 9.17) is 4.52 Å². The van der Waals surface area contributed by atoms with E-state index in [0.717, 1.165) is 37.3 Å². The molecule has 0 unspecified atom stereocenters. The second kappa shape index (κ2) is 7.33. The van der Waals surface area contributed by atoms with Gasteiger partial charge in [-0.1, -0.05) is 24.2 Å². The van der Waals surface area contributed by atoms with Crippen molar-refractivity contribution in [2.75, 3.05) is 6.54 Å². The van der Waals surface area contributed by atoms with Crippen LogP contribution in [-0.4, -0.2) is 16.7 Å². The lowest BCUT2D eigenvalue weighted by atomic mass is 10.1. The molecule has 2 heterocycles. The van der Waals surface area contributed by atoms with Gasteiger partial charge in [-0.05, 0) is 53.1 Å². The molecular formula is C17H19N3OS. The molecule has 0 fully saturated rings. The molecular weight excluding hydrogens is 294 g/mol. The molecule has 0 atom stereocenters. The Balaban J connectivity index is 1.50. The summed E-state index contributed by atoms with van der Waals surface area (Å²) in [5.41, 5.74) is 3.63. The number of aryl methyl sites for hydroxylation is 1. The normalized spacial score (nSPS) is 11.0. The number of nitrogens with zero attached hydrogens (tertiary/aromatic N) is 2. The minimum Gasteiger partial charge on any atom is -0.334 e. The highest BCUT2D eigenvalue weighted by atomic mass is 32.1. The Morgan fingerprint density at radius 1 is 1.14 bits per heavy atom. The molecule has 0 saturated heterocycles. The van der Waals surface area contributed by atoms with Gasteiger partial charge in [0.1, 0.15) is 0 Å². The zero-order chi connectivity index (χ0) is 15.2. The Labute approximate surface area is 134 Å². The van der Waals surface area contributed by atoms with Gasteiger partial charge < -0.3 is 9.84 Å². The largest absolute Gasteiger partial charge is 0.334 e. The van der Waals surface area contributed by atoms with Crippen molar-refractivity contribution in [2.24, 2.45) is 0 Å². The zero-order valence-corrected chi connectivity index (χ0v) is 13.4. The highest BCUT2D eigenvalue weighted by Gasteiger charge is 2.07. The van der Waals surface area contributed by atoms with Gasteiger partial charge in [0.25, 0.3) is 5.89 Å². The Kier molecular flexibility index (Phi) is 4.98. The summed E-state index contributed by atoms with van der Waals surface area (Å²) in [5.74, 6) is 1.34. The first-order chi connectivity index (χ1) is 10.8. The predicted molar refractivity (Wildman–Crippen MR) is 88.8 cm³/mol. The standard InChI is InChI=1S/C17H19N3OS/c1-2-16-19-17(21-20-16)15-5-3-13(4-6-15)7-9-18-11-14-8-10-22-12-14/h3-6,8,10,12,18H,2,7,9,11H2,1H3. The molecule has 0 bridgehead atoms. The van der Waals surface area contributed by atoms with Crippen molar-refractivity contribution in [1.29, 1.82) is 0 Å². The molecule has 0 radical (unpaired) electrons. The van der Waals surface area contributed by atoms with Gasteiger partial charge >= 0.3 is 0 Å². The summed E-state index contributed by atoms with van der Waals surface area (Å²) in [6, 6.07) is 10.5. The molecule has 2 aromatic heterocycles. The molecule has 3 rings (SSSR count). The van der Waals surface area contributed by atoms with Gasteiger partial charge in [-0.2, -0.15) is 16.3 Å². The van der Waals surface area contributed by atoms with E-state index in [1.807, 2.05) is 19.1 Å². The molecule has 0 aliphatic carbocycles. The van der Waals surface area contributed by atoms with Gasteiger partial charge in [0.15, 0.2) is 5.82 Å². The third kappa shape index (κ3) is 3.81. The number of aromatic nitrogens is 2. The summed E-state index contributed by atoms with van der Waals surface area (Å²) >= 11 is 1.74. The highest BCUT2D eigenvalue weighted by molar-refractivity contribution is 7.07. The van der Waals surface area contributed by atoms with Crippen LogP contribution in [-0.2, 0) is 19.4 Å². The molecule has 1 N–H and O–H groups in total. The van der Waals surface area contributed by atoms with Crippen molar-refractivity contribution in [3.05, 3.63) is 58.0 Å². The van der Waals surface area contributed by atoms with E-state index < -0.39 is 0 Å². The second-order valence-corrected chi connectivity index (χ2v) is 5.90. The first-order valence-corrected chi connectivity index (χ1v) is 8.43. The van der Waals surface area contributed by atoms with Crippen molar-refractivity contribution in [3.63, 3.8) is 0 Å². The van der Waals surface area contributed by atoms with Crippen molar-refractivity contribution < 1.29 is 4.52 Å². The van der Waals surface area contributed by atoms with Crippen LogP contribution in [0.1, 0.15) is 23.9 Å². The van der Waals surface area contributed by atoms with Gasteiger partial charge in [-0.3, -0.25) is 0 Å². The lowest BCUT2D eigenvalue weighted by Gasteiger charge is -2.04. The molecule has 0 spiro atoms. The summed E-state index contributed by atoms with van der Waals surface area (Å²) < 4.78 is 5.25. The molecule has 0 aliphatic rings. The van der Waals surface area contributed by atoms with Crippen LogP contribution in [0.2, 0.25) is 0 Å². The topological polar surface area (TPSA) is 51.0 Å². The van der Waals surface area contributed by atoms with Crippen molar-refractivity contribution in [2.45, 2.75) is 26.3 Å². The number of hydrogen-bond acceptors (Lipinski definition) is 5. The van der Waals surface area contributed by atoms with Crippen LogP contribution in [0.5, 0.6) is 0 Å². The Bertz CT molecular complexity index is 689. The van der Waals surface area contributed by atoms with E-state index in [1.54, 1.807) is 11.3 Å². The fraction of sp³-hybridized carbons (Fsp3) is 0.294. The van der Waals surface area contributed by atoms with Crippen LogP contribution in [0.25, 0.3) is 11.5 Å². The second-order valence-electron chi connectivity index (χ2n) is 5.12. The molecule has 3 aromatic rings. The van der Waals surface area contributed by atoms with Gasteiger partial charge in [-0.25, -0.2) is 0 Å². The van der Waals surface area contributed by atoms with E-state index in [1.165, 1.54) is 11.1 Å². The quantitative estimate of drug-likeness (QED) is 0.676. The van der Waals surface area contributed by atoms with E-state index >= 15 is 0 Å². The molecule has 4 nitrogen and oxygen atoms in total.